The number of carboxylic acids is 3. The third-order valence-electron chi connectivity index (χ3n) is 3.83. The highest BCUT2D eigenvalue weighted by Crippen LogP contribution is 2.08. The SMILES string of the molecule is C.C.C.C.C.CC(C)(C)OC(=O)N[C@@H](CCO)C(=O)O.CC(C)(C)OC(=O)N[C@@H](CC[13C]#N)C(=O)O.N#[13C]CC[C@H](N)C(=O)O. The highest BCUT2D eigenvalue weighted by Gasteiger charge is 2.24. The minimum absolute atomic E-state index is 0. The summed E-state index contributed by atoms with van der Waals surface area (Å²) in [6.07, 6.45) is -1.09. The average molecular weight is 658 g/mol. The lowest BCUT2D eigenvalue weighted by atomic mass is 10.2. The van der Waals surface area contributed by atoms with E-state index in [-0.39, 0.29) is 75.8 Å². The molecule has 0 heterocycles. The molecule has 0 aliphatic heterocycles. The summed E-state index contributed by atoms with van der Waals surface area (Å²) >= 11 is 0. The van der Waals surface area contributed by atoms with Crippen molar-refractivity contribution in [2.75, 3.05) is 6.61 Å². The molecule has 0 unspecified atom stereocenters. The molecule has 45 heavy (non-hydrogen) atoms. The van der Waals surface area contributed by atoms with Crippen LogP contribution in [0, 0.1) is 22.7 Å². The molecule has 0 fully saturated rings. The number of nitriles is 2. The lowest BCUT2D eigenvalue weighted by Crippen LogP contribution is -2.43. The third-order valence-corrected chi connectivity index (χ3v) is 3.83. The number of aliphatic hydroxyl groups excluding tert-OH is 1. The molecule has 0 aromatic heterocycles. The number of aliphatic carboxylic acids is 3. The molecule has 0 aromatic rings. The number of rotatable bonds is 11. The molecule has 0 bridgehead atoms. The normalized spacial score (nSPS) is 11.2. The maximum Gasteiger partial charge on any atom is 0.408 e. The number of nitrogens with zero attached hydrogens (tertiary/aromatic N) is 2. The van der Waals surface area contributed by atoms with E-state index in [1.54, 1.807) is 41.5 Å². The molecule has 3 atom stereocenters. The number of nitrogens with two attached hydrogens (primary N) is 1. The number of hydrogen-bond donors (Lipinski definition) is 7. The summed E-state index contributed by atoms with van der Waals surface area (Å²) in [5, 5.41) is 54.9. The van der Waals surface area contributed by atoms with Crippen LogP contribution in [0.25, 0.3) is 0 Å². The van der Waals surface area contributed by atoms with Crippen LogP contribution in [0.1, 0.15) is 111 Å². The number of amides is 2. The Hall–Kier alpha value is -4.15. The van der Waals surface area contributed by atoms with Crippen molar-refractivity contribution in [1.82, 2.24) is 10.6 Å². The van der Waals surface area contributed by atoms with Crippen LogP contribution in [0.15, 0.2) is 0 Å². The Balaban J connectivity index is -0.0000000744. The topological polar surface area (TPSA) is 282 Å². The van der Waals surface area contributed by atoms with Crippen molar-refractivity contribution in [3.8, 4) is 12.1 Å². The standard InChI is InChI=1S/C10H16N2O4.C9H17NO5.C5H8N2O2.5CH4/c1-10(2,3)16-9(15)12-7(8(13)14)5-4-6-11;1-9(2,3)15-8(14)10-6(4-5-11)7(12)13;6-3-1-2-4(7)5(8)9;;;;;/h7H,4-5H2,1-3H3,(H,12,15)(H,13,14);6,11H,4-5H2,1-3H3,(H,10,14)(H,12,13);4H,1-2,7H2,(H,8,9);5*1H4/t7-;6-;4-;;;;;/m000...../s1/i6+1;;3+1;;;;;. The second kappa shape index (κ2) is 31.3. The zero-order valence-electron chi connectivity index (χ0n) is 23.6. The second-order valence-corrected chi connectivity index (χ2v) is 9.92. The quantitative estimate of drug-likeness (QED) is 0.151. The van der Waals surface area contributed by atoms with Gasteiger partial charge in [0.25, 0.3) is 0 Å². The summed E-state index contributed by atoms with van der Waals surface area (Å²) in [6, 6.07) is 0.536. The largest absolute Gasteiger partial charge is 0.480 e. The Bertz CT molecular complexity index is 902. The number of aliphatic hydroxyl groups is 1. The van der Waals surface area contributed by atoms with Crippen LogP contribution in [0.3, 0.4) is 0 Å². The predicted molar refractivity (Wildman–Crippen MR) is 172 cm³/mol. The number of carbonyl (C=O) groups is 5. The Morgan fingerprint density at radius 2 is 0.978 bits per heavy atom. The van der Waals surface area contributed by atoms with E-state index in [9.17, 15) is 24.0 Å². The Morgan fingerprint density at radius 1 is 0.667 bits per heavy atom. The van der Waals surface area contributed by atoms with Gasteiger partial charge in [-0.1, -0.05) is 37.1 Å². The van der Waals surface area contributed by atoms with Crippen LogP contribution < -0.4 is 16.4 Å². The van der Waals surface area contributed by atoms with Crippen LogP contribution in [-0.2, 0) is 23.9 Å². The molecule has 0 saturated carbocycles. The fourth-order valence-electron chi connectivity index (χ4n) is 2.10. The first-order valence-electron chi connectivity index (χ1n) is 12.0. The fourth-order valence-corrected chi connectivity index (χ4v) is 2.10. The maximum absolute atomic E-state index is 11.3. The molecule has 2 amide bonds. The number of carbonyl (C=O) groups excluding carboxylic acids is 2. The van der Waals surface area contributed by atoms with Crippen molar-refractivity contribution in [3.05, 3.63) is 0 Å². The lowest BCUT2D eigenvalue weighted by Gasteiger charge is -2.21. The molecule has 0 spiro atoms. The van der Waals surface area contributed by atoms with Gasteiger partial charge in [-0.05, 0) is 54.4 Å². The summed E-state index contributed by atoms with van der Waals surface area (Å²) in [5.74, 6) is -3.43. The average Bonchev–Trinajstić information content (AvgIpc) is 2.78. The molecule has 8 N–H and O–H groups in total. The van der Waals surface area contributed by atoms with Gasteiger partial charge in [0.1, 0.15) is 29.3 Å². The van der Waals surface area contributed by atoms with Crippen molar-refractivity contribution in [3.63, 3.8) is 0 Å². The van der Waals surface area contributed by atoms with Crippen molar-refractivity contribution in [1.29, 1.82) is 10.5 Å². The van der Waals surface area contributed by atoms with Crippen LogP contribution in [0.4, 0.5) is 9.59 Å². The van der Waals surface area contributed by atoms with Crippen molar-refractivity contribution in [2.45, 2.75) is 140 Å². The number of carboxylic acid groups (broad SMARTS) is 3. The predicted octanol–water partition coefficient (Wildman–Crippen LogP) is 4.50. The van der Waals surface area contributed by atoms with Crippen molar-refractivity contribution >= 4 is 30.1 Å². The molecule has 0 aliphatic rings. The highest BCUT2D eigenvalue weighted by atomic mass is 16.6. The van der Waals surface area contributed by atoms with Gasteiger partial charge in [-0.25, -0.2) is 19.2 Å². The van der Waals surface area contributed by atoms with Crippen LogP contribution in [0.5, 0.6) is 0 Å². The van der Waals surface area contributed by atoms with Gasteiger partial charge in [-0.2, -0.15) is 10.5 Å². The minimum Gasteiger partial charge on any atom is -0.480 e. The number of hydrogen-bond acceptors (Lipinski definition) is 11. The van der Waals surface area contributed by atoms with Crippen LogP contribution in [-0.4, -0.2) is 86.5 Å². The summed E-state index contributed by atoms with van der Waals surface area (Å²) in [4.78, 5) is 53.7. The van der Waals surface area contributed by atoms with Gasteiger partial charge in [-0.3, -0.25) is 4.79 Å². The molecule has 16 nitrogen and oxygen atoms in total. The van der Waals surface area contributed by atoms with Gasteiger partial charge in [-0.15, -0.1) is 0 Å². The molecule has 0 rings (SSSR count). The van der Waals surface area contributed by atoms with E-state index in [4.69, 9.17) is 46.2 Å². The summed E-state index contributed by atoms with van der Waals surface area (Å²) in [7, 11) is 0. The zero-order valence-corrected chi connectivity index (χ0v) is 23.6. The van der Waals surface area contributed by atoms with Gasteiger partial charge < -0.3 is 46.3 Å². The van der Waals surface area contributed by atoms with Crippen molar-refractivity contribution in [2.24, 2.45) is 5.73 Å². The molecule has 0 aliphatic carbocycles. The van der Waals surface area contributed by atoms with Crippen molar-refractivity contribution < 1.29 is 53.9 Å². The smallest absolute Gasteiger partial charge is 0.408 e. The number of ether oxygens (including phenoxy) is 2. The number of alkyl carbamates (subject to hydrolysis) is 2. The van der Waals surface area contributed by atoms with E-state index in [0.29, 0.717) is 0 Å². The van der Waals surface area contributed by atoms with E-state index in [1.807, 2.05) is 12.1 Å². The Labute approximate surface area is 269 Å². The Morgan fingerprint density at radius 3 is 1.22 bits per heavy atom. The zero-order chi connectivity index (χ0) is 32.1. The summed E-state index contributed by atoms with van der Waals surface area (Å²) < 4.78 is 9.77. The third kappa shape index (κ3) is 42.0. The first-order valence-corrected chi connectivity index (χ1v) is 12.0. The van der Waals surface area contributed by atoms with E-state index < -0.39 is 59.4 Å². The van der Waals surface area contributed by atoms with Crippen LogP contribution >= 0.6 is 0 Å². The lowest BCUT2D eigenvalue weighted by molar-refractivity contribution is -0.140. The first-order chi connectivity index (χ1) is 18.2. The van der Waals surface area contributed by atoms with E-state index >= 15 is 0 Å². The summed E-state index contributed by atoms with van der Waals surface area (Å²) in [6.45, 7) is 9.75. The molecule has 0 saturated heterocycles. The monoisotopic (exact) mass is 657 g/mol. The molecular weight excluding hydrogens is 596 g/mol. The van der Waals surface area contributed by atoms with E-state index in [2.05, 4.69) is 10.6 Å². The first kappa shape index (κ1) is 60.1. The van der Waals surface area contributed by atoms with Gasteiger partial charge in [0.05, 0.1) is 12.1 Å². The van der Waals surface area contributed by atoms with Gasteiger partial charge in [0.15, 0.2) is 0 Å². The molecule has 0 aromatic carbocycles. The van der Waals surface area contributed by atoms with Gasteiger partial charge >= 0.3 is 30.1 Å². The second-order valence-electron chi connectivity index (χ2n) is 9.92. The molecule has 16 heteroatoms. The molecule has 0 radical (unpaired) electrons. The van der Waals surface area contributed by atoms with Gasteiger partial charge in [0, 0.05) is 25.9 Å². The van der Waals surface area contributed by atoms with Crippen LogP contribution in [0.2, 0.25) is 0 Å². The highest BCUT2D eigenvalue weighted by molar-refractivity contribution is 5.80. The molecule has 268 valence electrons. The van der Waals surface area contributed by atoms with Gasteiger partial charge in [0.2, 0.25) is 0 Å². The van der Waals surface area contributed by atoms with E-state index in [0.717, 1.165) is 0 Å². The Kier molecular flexibility index (Phi) is 41.8. The fraction of sp³-hybridized carbons (Fsp3) is 0.759. The number of nitrogens with one attached hydrogen (secondary N) is 2. The maximum atomic E-state index is 11.3. The van der Waals surface area contributed by atoms with E-state index in [1.165, 1.54) is 0 Å². The minimum atomic E-state index is -1.20. The summed E-state index contributed by atoms with van der Waals surface area (Å²) in [5.41, 5.74) is 3.70. The molecular formula is C29H61N5O11.